The van der Waals surface area contributed by atoms with Crippen LogP contribution in [0.5, 0.6) is 0 Å². The third-order valence-electron chi connectivity index (χ3n) is 3.00. The van der Waals surface area contributed by atoms with Crippen LogP contribution in [0.4, 0.5) is 5.13 Å². The number of carbonyl (C=O) groups is 2. The van der Waals surface area contributed by atoms with Gasteiger partial charge in [-0.15, -0.1) is 10.2 Å². The summed E-state index contributed by atoms with van der Waals surface area (Å²) in [5.41, 5.74) is -0.399. The lowest BCUT2D eigenvalue weighted by Crippen LogP contribution is -2.35. The molecule has 0 aliphatic carbocycles. The molecule has 0 aliphatic heterocycles. The number of unbranched alkanes of at least 4 members (excludes halogenated alkanes) is 1. The second-order valence-electron chi connectivity index (χ2n) is 6.26. The zero-order valence-corrected chi connectivity index (χ0v) is 14.7. The number of rotatable bonds is 8. The molecule has 2 amide bonds. The summed E-state index contributed by atoms with van der Waals surface area (Å²) in [4.78, 5) is 23.5. The molecule has 0 radical (unpaired) electrons. The highest BCUT2D eigenvalue weighted by molar-refractivity contribution is 7.15. The van der Waals surface area contributed by atoms with Crippen LogP contribution >= 0.6 is 11.3 Å². The second-order valence-corrected chi connectivity index (χ2v) is 7.32. The van der Waals surface area contributed by atoms with E-state index in [-0.39, 0.29) is 11.8 Å². The summed E-state index contributed by atoms with van der Waals surface area (Å²) in [5.74, 6) is -0.0965. The minimum atomic E-state index is -0.399. The SMILES string of the molecule is CCCCc1nnc(NC(=O)CCCNC(=O)C(C)(C)C)s1. The first-order valence-corrected chi connectivity index (χ1v) is 8.55. The number of nitrogens with one attached hydrogen (secondary N) is 2. The Balaban J connectivity index is 2.23. The maximum absolute atomic E-state index is 11.8. The molecule has 0 unspecified atom stereocenters. The first-order chi connectivity index (χ1) is 10.3. The normalized spacial score (nSPS) is 11.3. The standard InChI is InChI=1S/C15H26N4O2S/c1-5-6-9-12-18-19-14(22-12)17-11(20)8-7-10-16-13(21)15(2,3)4/h5-10H2,1-4H3,(H,16,21)(H,17,19,20). The van der Waals surface area contributed by atoms with Crippen molar-refractivity contribution >= 4 is 28.3 Å². The van der Waals surface area contributed by atoms with Crippen LogP contribution in [0, 0.1) is 5.41 Å². The monoisotopic (exact) mass is 326 g/mol. The van der Waals surface area contributed by atoms with E-state index in [0.717, 1.165) is 24.3 Å². The summed E-state index contributed by atoms with van der Waals surface area (Å²) < 4.78 is 0. The van der Waals surface area contributed by atoms with Crippen molar-refractivity contribution in [2.75, 3.05) is 11.9 Å². The Kier molecular flexibility index (Phi) is 7.44. The summed E-state index contributed by atoms with van der Waals surface area (Å²) >= 11 is 1.42. The number of aromatic nitrogens is 2. The molecule has 1 heterocycles. The second kappa shape index (κ2) is 8.82. The molecule has 7 heteroatoms. The number of nitrogens with zero attached hydrogens (tertiary/aromatic N) is 2. The molecule has 0 atom stereocenters. The van der Waals surface area contributed by atoms with Crippen LogP contribution in [0.3, 0.4) is 0 Å². The van der Waals surface area contributed by atoms with Gasteiger partial charge in [-0.1, -0.05) is 45.5 Å². The number of aryl methyl sites for hydroxylation is 1. The van der Waals surface area contributed by atoms with Crippen LogP contribution < -0.4 is 10.6 Å². The molecular weight excluding hydrogens is 300 g/mol. The molecule has 2 N–H and O–H groups in total. The number of amides is 2. The van der Waals surface area contributed by atoms with Crippen molar-refractivity contribution in [1.29, 1.82) is 0 Å². The zero-order valence-electron chi connectivity index (χ0n) is 13.9. The summed E-state index contributed by atoms with van der Waals surface area (Å²) in [6, 6.07) is 0. The molecule has 0 saturated carbocycles. The highest BCUT2D eigenvalue weighted by Gasteiger charge is 2.20. The lowest BCUT2D eigenvalue weighted by molar-refractivity contribution is -0.128. The average molecular weight is 326 g/mol. The summed E-state index contributed by atoms with van der Waals surface area (Å²) in [7, 11) is 0. The van der Waals surface area contributed by atoms with Crippen molar-refractivity contribution in [3.05, 3.63) is 5.01 Å². The molecule has 0 aliphatic rings. The van der Waals surface area contributed by atoms with Crippen LogP contribution in [0.2, 0.25) is 0 Å². The molecule has 6 nitrogen and oxygen atoms in total. The Labute approximate surface area is 136 Å². The van der Waals surface area contributed by atoms with E-state index in [1.807, 2.05) is 20.8 Å². The fourth-order valence-electron chi connectivity index (χ4n) is 1.63. The van der Waals surface area contributed by atoms with E-state index in [4.69, 9.17) is 0 Å². The highest BCUT2D eigenvalue weighted by Crippen LogP contribution is 2.17. The van der Waals surface area contributed by atoms with Crippen molar-refractivity contribution in [2.24, 2.45) is 5.41 Å². The van der Waals surface area contributed by atoms with Crippen molar-refractivity contribution in [3.8, 4) is 0 Å². The smallest absolute Gasteiger partial charge is 0.226 e. The highest BCUT2D eigenvalue weighted by atomic mass is 32.1. The van der Waals surface area contributed by atoms with Gasteiger partial charge >= 0.3 is 0 Å². The number of hydrogen-bond donors (Lipinski definition) is 2. The maximum atomic E-state index is 11.8. The first-order valence-electron chi connectivity index (χ1n) is 7.73. The Bertz CT molecular complexity index is 494. The predicted molar refractivity (Wildman–Crippen MR) is 88.8 cm³/mol. The van der Waals surface area contributed by atoms with Crippen molar-refractivity contribution in [2.45, 2.75) is 59.8 Å². The van der Waals surface area contributed by atoms with E-state index in [1.165, 1.54) is 11.3 Å². The van der Waals surface area contributed by atoms with Gasteiger partial charge in [0.25, 0.3) is 0 Å². The molecule has 0 saturated heterocycles. The van der Waals surface area contributed by atoms with Gasteiger partial charge in [-0.05, 0) is 12.8 Å². The molecule has 0 bridgehead atoms. The number of hydrogen-bond acceptors (Lipinski definition) is 5. The largest absolute Gasteiger partial charge is 0.356 e. The molecule has 0 aromatic carbocycles. The fourth-order valence-corrected chi connectivity index (χ4v) is 2.43. The Hall–Kier alpha value is -1.50. The quantitative estimate of drug-likeness (QED) is 0.720. The van der Waals surface area contributed by atoms with Gasteiger partial charge in [0.2, 0.25) is 16.9 Å². The van der Waals surface area contributed by atoms with Crippen LogP contribution in [0.1, 0.15) is 58.4 Å². The van der Waals surface area contributed by atoms with Gasteiger partial charge < -0.3 is 10.6 Å². The Morgan fingerprint density at radius 2 is 1.91 bits per heavy atom. The lowest BCUT2D eigenvalue weighted by Gasteiger charge is -2.17. The fraction of sp³-hybridized carbons (Fsp3) is 0.733. The van der Waals surface area contributed by atoms with Crippen LogP contribution in [-0.2, 0) is 16.0 Å². The van der Waals surface area contributed by atoms with E-state index < -0.39 is 5.41 Å². The van der Waals surface area contributed by atoms with Gasteiger partial charge in [0.15, 0.2) is 0 Å². The van der Waals surface area contributed by atoms with Gasteiger partial charge in [-0.3, -0.25) is 9.59 Å². The zero-order chi connectivity index (χ0) is 16.6. The van der Waals surface area contributed by atoms with Crippen LogP contribution in [0.25, 0.3) is 0 Å². The van der Waals surface area contributed by atoms with E-state index >= 15 is 0 Å². The third-order valence-corrected chi connectivity index (χ3v) is 3.90. The molecular formula is C15H26N4O2S. The van der Waals surface area contributed by atoms with E-state index in [9.17, 15) is 9.59 Å². The molecule has 124 valence electrons. The van der Waals surface area contributed by atoms with Gasteiger partial charge in [0.1, 0.15) is 5.01 Å². The molecule has 1 rings (SSSR count). The molecule has 22 heavy (non-hydrogen) atoms. The summed E-state index contributed by atoms with van der Waals surface area (Å²) in [6.45, 7) is 8.21. The van der Waals surface area contributed by atoms with Gasteiger partial charge in [0, 0.05) is 24.8 Å². The van der Waals surface area contributed by atoms with Crippen LogP contribution in [-0.4, -0.2) is 28.6 Å². The van der Waals surface area contributed by atoms with E-state index in [1.54, 1.807) is 0 Å². The van der Waals surface area contributed by atoms with Crippen molar-refractivity contribution in [3.63, 3.8) is 0 Å². The average Bonchev–Trinajstić information content (AvgIpc) is 2.87. The maximum Gasteiger partial charge on any atom is 0.226 e. The minimum absolute atomic E-state index is 0.00222. The van der Waals surface area contributed by atoms with Crippen molar-refractivity contribution < 1.29 is 9.59 Å². The number of carbonyl (C=O) groups excluding carboxylic acids is 2. The summed E-state index contributed by atoms with van der Waals surface area (Å²) in [5, 5.41) is 15.1. The molecule has 0 spiro atoms. The lowest BCUT2D eigenvalue weighted by atomic mass is 9.96. The van der Waals surface area contributed by atoms with Crippen molar-refractivity contribution in [1.82, 2.24) is 15.5 Å². The van der Waals surface area contributed by atoms with Crippen LogP contribution in [0.15, 0.2) is 0 Å². The van der Waals surface area contributed by atoms with E-state index in [2.05, 4.69) is 27.8 Å². The van der Waals surface area contributed by atoms with Gasteiger partial charge in [-0.25, -0.2) is 0 Å². The Morgan fingerprint density at radius 1 is 1.18 bits per heavy atom. The minimum Gasteiger partial charge on any atom is -0.356 e. The summed E-state index contributed by atoms with van der Waals surface area (Å²) in [6.07, 6.45) is 4.06. The topological polar surface area (TPSA) is 84.0 Å². The molecule has 1 aromatic heterocycles. The Morgan fingerprint density at radius 3 is 2.55 bits per heavy atom. The van der Waals surface area contributed by atoms with E-state index in [0.29, 0.717) is 24.5 Å². The molecule has 1 aromatic rings. The number of anilines is 1. The predicted octanol–water partition coefficient (Wildman–Crippen LogP) is 2.76. The van der Waals surface area contributed by atoms with Gasteiger partial charge in [0.05, 0.1) is 0 Å². The third kappa shape index (κ3) is 6.98. The van der Waals surface area contributed by atoms with Gasteiger partial charge in [-0.2, -0.15) is 0 Å². The first kappa shape index (κ1) is 18.5. The molecule has 0 fully saturated rings.